The number of hydrogen-bond donors (Lipinski definition) is 0. The van der Waals surface area contributed by atoms with Crippen LogP contribution in [0, 0.1) is 0 Å². The van der Waals surface area contributed by atoms with E-state index < -0.39 is 0 Å². The zero-order valence-electron chi connectivity index (χ0n) is 11.9. The lowest BCUT2D eigenvalue weighted by Crippen LogP contribution is -2.27. The molecule has 1 saturated heterocycles. The third-order valence-corrected chi connectivity index (χ3v) is 4.25. The van der Waals surface area contributed by atoms with E-state index in [1.54, 1.807) is 12.0 Å². The SMILES string of the molecule is COc1cccc(-n2ccsc2=NC(=O)N2CCCC2)c1. The number of methoxy groups -OCH3 is 1. The van der Waals surface area contributed by atoms with Crippen LogP contribution in [-0.4, -0.2) is 35.7 Å². The molecular formula is C15H17N3O2S. The molecular weight excluding hydrogens is 286 g/mol. The van der Waals surface area contributed by atoms with Crippen molar-refractivity contribution in [2.24, 2.45) is 4.99 Å². The Kier molecular flexibility index (Phi) is 4.06. The van der Waals surface area contributed by atoms with Gasteiger partial charge in [0.15, 0.2) is 4.80 Å². The van der Waals surface area contributed by atoms with Gasteiger partial charge in [-0.1, -0.05) is 6.07 Å². The standard InChI is InChI=1S/C15H17N3O2S/c1-20-13-6-4-5-12(11-13)18-9-10-21-15(18)16-14(19)17-7-2-3-8-17/h4-6,9-11H,2-3,7-8H2,1H3. The van der Waals surface area contributed by atoms with Gasteiger partial charge < -0.3 is 9.64 Å². The first-order chi connectivity index (χ1) is 10.3. The van der Waals surface area contributed by atoms with E-state index in [0.29, 0.717) is 4.80 Å². The molecule has 0 radical (unpaired) electrons. The summed E-state index contributed by atoms with van der Waals surface area (Å²) in [7, 11) is 1.64. The predicted molar refractivity (Wildman–Crippen MR) is 82.0 cm³/mol. The fraction of sp³-hybridized carbons (Fsp3) is 0.333. The minimum atomic E-state index is -0.147. The molecule has 0 unspecified atom stereocenters. The number of benzene rings is 1. The number of nitrogens with zero attached hydrogens (tertiary/aromatic N) is 3. The van der Waals surface area contributed by atoms with Crippen molar-refractivity contribution in [1.82, 2.24) is 9.47 Å². The summed E-state index contributed by atoms with van der Waals surface area (Å²) in [6.45, 7) is 1.62. The Hall–Kier alpha value is -2.08. The van der Waals surface area contributed by atoms with Crippen molar-refractivity contribution < 1.29 is 9.53 Å². The molecule has 0 spiro atoms. The molecule has 0 atom stereocenters. The van der Waals surface area contributed by atoms with Crippen LogP contribution in [0.2, 0.25) is 0 Å². The Labute approximate surface area is 127 Å². The molecule has 1 aromatic heterocycles. The highest BCUT2D eigenvalue weighted by molar-refractivity contribution is 7.07. The largest absolute Gasteiger partial charge is 0.497 e. The number of amides is 2. The number of hydrogen-bond acceptors (Lipinski definition) is 3. The zero-order valence-corrected chi connectivity index (χ0v) is 12.7. The molecule has 110 valence electrons. The van der Waals surface area contributed by atoms with Crippen molar-refractivity contribution in [2.45, 2.75) is 12.8 Å². The summed E-state index contributed by atoms with van der Waals surface area (Å²) in [5.74, 6) is 0.781. The molecule has 1 aliphatic rings. The molecule has 1 fully saturated rings. The summed E-state index contributed by atoms with van der Waals surface area (Å²) in [5.41, 5.74) is 0.934. The van der Waals surface area contributed by atoms with Crippen LogP contribution in [0.1, 0.15) is 12.8 Å². The molecule has 5 nitrogen and oxygen atoms in total. The average molecular weight is 303 g/mol. The number of likely N-dealkylation sites (tertiary alicyclic amines) is 1. The van der Waals surface area contributed by atoms with E-state index in [0.717, 1.165) is 37.4 Å². The molecule has 0 N–H and O–H groups in total. The normalized spacial score (nSPS) is 15.5. The van der Waals surface area contributed by atoms with Gasteiger partial charge in [-0.3, -0.25) is 4.57 Å². The first kappa shape index (κ1) is 13.9. The molecule has 0 bridgehead atoms. The van der Waals surface area contributed by atoms with Gasteiger partial charge in [0, 0.05) is 30.7 Å². The fourth-order valence-corrected chi connectivity index (χ4v) is 3.09. The van der Waals surface area contributed by atoms with Crippen LogP contribution in [0.3, 0.4) is 0 Å². The van der Waals surface area contributed by atoms with Gasteiger partial charge in [-0.05, 0) is 25.0 Å². The average Bonchev–Trinajstić information content (AvgIpc) is 3.18. The van der Waals surface area contributed by atoms with Gasteiger partial charge in [-0.2, -0.15) is 4.99 Å². The van der Waals surface area contributed by atoms with Crippen LogP contribution in [-0.2, 0) is 0 Å². The van der Waals surface area contributed by atoms with E-state index in [1.807, 2.05) is 40.4 Å². The van der Waals surface area contributed by atoms with E-state index >= 15 is 0 Å². The highest BCUT2D eigenvalue weighted by Crippen LogP contribution is 2.15. The summed E-state index contributed by atoms with van der Waals surface area (Å²) in [6, 6.07) is 7.56. The number of ether oxygens (including phenoxy) is 1. The lowest BCUT2D eigenvalue weighted by atomic mass is 10.3. The molecule has 1 aliphatic heterocycles. The van der Waals surface area contributed by atoms with Crippen LogP contribution in [0.5, 0.6) is 5.75 Å². The number of thiazole rings is 1. The van der Waals surface area contributed by atoms with Gasteiger partial charge in [-0.25, -0.2) is 4.79 Å². The summed E-state index contributed by atoms with van der Waals surface area (Å²) in [6.07, 6.45) is 4.05. The maximum atomic E-state index is 12.1. The van der Waals surface area contributed by atoms with Crippen molar-refractivity contribution in [3.63, 3.8) is 0 Å². The summed E-state index contributed by atoms with van der Waals surface area (Å²) in [4.78, 5) is 18.9. The predicted octanol–water partition coefficient (Wildman–Crippen LogP) is 2.66. The van der Waals surface area contributed by atoms with Gasteiger partial charge in [-0.15, -0.1) is 11.3 Å². The van der Waals surface area contributed by atoms with E-state index in [2.05, 4.69) is 4.99 Å². The first-order valence-electron chi connectivity index (χ1n) is 6.92. The maximum Gasteiger partial charge on any atom is 0.346 e. The molecule has 0 aliphatic carbocycles. The minimum absolute atomic E-state index is 0.147. The maximum absolute atomic E-state index is 12.1. The smallest absolute Gasteiger partial charge is 0.346 e. The topological polar surface area (TPSA) is 46.8 Å². The summed E-state index contributed by atoms with van der Waals surface area (Å²) >= 11 is 1.45. The molecule has 21 heavy (non-hydrogen) atoms. The number of rotatable bonds is 2. The summed E-state index contributed by atoms with van der Waals surface area (Å²) < 4.78 is 7.14. The third-order valence-electron chi connectivity index (χ3n) is 3.49. The van der Waals surface area contributed by atoms with Crippen molar-refractivity contribution in [3.05, 3.63) is 40.6 Å². The van der Waals surface area contributed by atoms with E-state index in [9.17, 15) is 4.79 Å². The number of urea groups is 1. The number of carbonyl (C=O) groups excluding carboxylic acids is 1. The number of aromatic nitrogens is 1. The van der Waals surface area contributed by atoms with E-state index in [1.165, 1.54) is 11.3 Å². The second-order valence-electron chi connectivity index (χ2n) is 4.85. The Morgan fingerprint density at radius 3 is 2.90 bits per heavy atom. The molecule has 2 amide bonds. The Balaban J connectivity index is 1.94. The van der Waals surface area contributed by atoms with Gasteiger partial charge in [0.05, 0.1) is 12.8 Å². The third kappa shape index (κ3) is 3.00. The van der Waals surface area contributed by atoms with Crippen LogP contribution in [0.4, 0.5) is 4.79 Å². The molecule has 2 aromatic rings. The Morgan fingerprint density at radius 2 is 2.14 bits per heavy atom. The highest BCUT2D eigenvalue weighted by atomic mass is 32.1. The van der Waals surface area contributed by atoms with Crippen LogP contribution >= 0.6 is 11.3 Å². The highest BCUT2D eigenvalue weighted by Gasteiger charge is 2.17. The van der Waals surface area contributed by atoms with Crippen LogP contribution < -0.4 is 9.54 Å². The second kappa shape index (κ2) is 6.13. The lowest BCUT2D eigenvalue weighted by Gasteiger charge is -2.10. The van der Waals surface area contributed by atoms with Gasteiger partial charge in [0.1, 0.15) is 5.75 Å². The molecule has 3 rings (SSSR count). The first-order valence-corrected chi connectivity index (χ1v) is 7.80. The quantitative estimate of drug-likeness (QED) is 0.856. The van der Waals surface area contributed by atoms with Crippen LogP contribution in [0.15, 0.2) is 40.8 Å². The van der Waals surface area contributed by atoms with Crippen molar-refractivity contribution in [1.29, 1.82) is 0 Å². The van der Waals surface area contributed by atoms with Crippen molar-refractivity contribution in [3.8, 4) is 11.4 Å². The summed E-state index contributed by atoms with van der Waals surface area (Å²) in [5, 5.41) is 1.93. The van der Waals surface area contributed by atoms with Gasteiger partial charge in [0.2, 0.25) is 0 Å². The fourth-order valence-electron chi connectivity index (χ4n) is 2.37. The van der Waals surface area contributed by atoms with Crippen molar-refractivity contribution in [2.75, 3.05) is 20.2 Å². The van der Waals surface area contributed by atoms with E-state index in [4.69, 9.17) is 4.74 Å². The van der Waals surface area contributed by atoms with Crippen LogP contribution in [0.25, 0.3) is 5.69 Å². The molecule has 0 saturated carbocycles. The molecule has 1 aromatic carbocycles. The van der Waals surface area contributed by atoms with E-state index in [-0.39, 0.29) is 6.03 Å². The monoisotopic (exact) mass is 303 g/mol. The second-order valence-corrected chi connectivity index (χ2v) is 5.72. The zero-order chi connectivity index (χ0) is 14.7. The van der Waals surface area contributed by atoms with Gasteiger partial charge in [0.25, 0.3) is 0 Å². The number of carbonyl (C=O) groups is 1. The van der Waals surface area contributed by atoms with Crippen molar-refractivity contribution >= 4 is 17.4 Å². The lowest BCUT2D eigenvalue weighted by molar-refractivity contribution is 0.218. The minimum Gasteiger partial charge on any atom is -0.497 e. The van der Waals surface area contributed by atoms with Gasteiger partial charge >= 0.3 is 6.03 Å². The Bertz CT molecular complexity index is 699. The molecule has 6 heteroatoms. The Morgan fingerprint density at radius 1 is 1.33 bits per heavy atom. The molecule has 2 heterocycles.